The minimum atomic E-state index is -3.93. The summed E-state index contributed by atoms with van der Waals surface area (Å²) in [6, 6.07) is 2.01. The standard InChI is InChI=1S/C12H16N4O4S/c1-6-8(3-7(13)4-10(6)21(14,19)20)15-9-5-11(17)16(2)12(9)18/h3-4,9,15H,5,13H2,1-2H3,(H2,14,19,20). The Morgan fingerprint density at radius 1 is 1.33 bits per heavy atom. The van der Waals surface area contributed by atoms with Crippen molar-refractivity contribution < 1.29 is 18.0 Å². The van der Waals surface area contributed by atoms with Crippen molar-refractivity contribution in [2.75, 3.05) is 18.1 Å². The topological polar surface area (TPSA) is 136 Å². The SMILES string of the molecule is Cc1c(NC2CC(=O)N(C)C2=O)cc(N)cc1S(N)(=O)=O. The van der Waals surface area contributed by atoms with Crippen LogP contribution in [0.1, 0.15) is 12.0 Å². The van der Waals surface area contributed by atoms with Gasteiger partial charge in [0.05, 0.1) is 11.3 Å². The van der Waals surface area contributed by atoms with Gasteiger partial charge in [0.2, 0.25) is 15.9 Å². The van der Waals surface area contributed by atoms with E-state index in [1.54, 1.807) is 6.92 Å². The molecule has 0 aromatic heterocycles. The fraction of sp³-hybridized carbons (Fsp3) is 0.333. The predicted molar refractivity (Wildman–Crippen MR) is 76.8 cm³/mol. The molecule has 1 aromatic rings. The van der Waals surface area contributed by atoms with Crippen molar-refractivity contribution in [2.24, 2.45) is 5.14 Å². The van der Waals surface area contributed by atoms with Crippen LogP contribution in [0.15, 0.2) is 17.0 Å². The lowest BCUT2D eigenvalue weighted by Gasteiger charge is -2.17. The zero-order valence-electron chi connectivity index (χ0n) is 11.6. The van der Waals surface area contributed by atoms with E-state index in [4.69, 9.17) is 10.9 Å². The molecule has 2 amide bonds. The van der Waals surface area contributed by atoms with Crippen molar-refractivity contribution in [1.82, 2.24) is 4.90 Å². The summed E-state index contributed by atoms with van der Waals surface area (Å²) in [4.78, 5) is 24.3. The molecule has 0 saturated carbocycles. The van der Waals surface area contributed by atoms with E-state index in [1.165, 1.54) is 19.2 Å². The van der Waals surface area contributed by atoms with E-state index in [0.717, 1.165) is 4.90 Å². The van der Waals surface area contributed by atoms with Gasteiger partial charge in [0.25, 0.3) is 5.91 Å². The number of nitrogens with two attached hydrogens (primary N) is 2. The molecule has 2 rings (SSSR count). The third-order valence-corrected chi connectivity index (χ3v) is 4.44. The number of hydrogen-bond acceptors (Lipinski definition) is 6. The fourth-order valence-corrected chi connectivity index (χ4v) is 3.05. The number of primary sulfonamides is 1. The molecule has 1 fully saturated rings. The zero-order valence-corrected chi connectivity index (χ0v) is 12.4. The molecule has 1 aliphatic rings. The number of anilines is 2. The van der Waals surface area contributed by atoms with Gasteiger partial charge in [0.1, 0.15) is 6.04 Å². The van der Waals surface area contributed by atoms with Crippen molar-refractivity contribution in [2.45, 2.75) is 24.3 Å². The molecule has 1 aromatic carbocycles. The lowest BCUT2D eigenvalue weighted by molar-refractivity contribution is -0.136. The number of sulfonamides is 1. The summed E-state index contributed by atoms with van der Waals surface area (Å²) in [6.45, 7) is 1.55. The molecule has 1 saturated heterocycles. The number of nitrogens with zero attached hydrogens (tertiary/aromatic N) is 1. The second-order valence-corrected chi connectivity index (χ2v) is 6.46. The van der Waals surface area contributed by atoms with Crippen LogP contribution in [-0.4, -0.2) is 38.2 Å². The summed E-state index contributed by atoms with van der Waals surface area (Å²) < 4.78 is 23.1. The first-order chi connectivity index (χ1) is 9.61. The number of benzene rings is 1. The molecular weight excluding hydrogens is 296 g/mol. The van der Waals surface area contributed by atoms with Crippen LogP contribution in [0.4, 0.5) is 11.4 Å². The van der Waals surface area contributed by atoms with Gasteiger partial charge in [-0.3, -0.25) is 14.5 Å². The number of hydrogen-bond donors (Lipinski definition) is 3. The molecule has 21 heavy (non-hydrogen) atoms. The number of amides is 2. The van der Waals surface area contributed by atoms with Crippen LogP contribution in [0.2, 0.25) is 0 Å². The molecule has 5 N–H and O–H groups in total. The lowest BCUT2D eigenvalue weighted by atomic mass is 10.1. The lowest BCUT2D eigenvalue weighted by Crippen LogP contribution is -2.32. The van der Waals surface area contributed by atoms with Gasteiger partial charge < -0.3 is 11.1 Å². The Labute approximate surface area is 122 Å². The molecule has 8 nitrogen and oxygen atoms in total. The van der Waals surface area contributed by atoms with Crippen molar-refractivity contribution in [1.29, 1.82) is 0 Å². The quantitative estimate of drug-likeness (QED) is 0.503. The number of nitrogens with one attached hydrogen (secondary N) is 1. The van der Waals surface area contributed by atoms with Gasteiger partial charge in [-0.05, 0) is 24.6 Å². The maximum atomic E-state index is 11.9. The minimum absolute atomic E-state index is 0.00821. The highest BCUT2D eigenvalue weighted by molar-refractivity contribution is 7.89. The highest BCUT2D eigenvalue weighted by Crippen LogP contribution is 2.28. The summed E-state index contributed by atoms with van der Waals surface area (Å²) >= 11 is 0. The third kappa shape index (κ3) is 2.83. The maximum absolute atomic E-state index is 11.9. The van der Waals surface area contributed by atoms with Gasteiger partial charge in [0, 0.05) is 18.4 Å². The van der Waals surface area contributed by atoms with E-state index < -0.39 is 16.1 Å². The number of likely N-dealkylation sites (N-methyl/N-ethyl adjacent to an activating group) is 1. The summed E-state index contributed by atoms with van der Waals surface area (Å²) in [5, 5.41) is 8.00. The summed E-state index contributed by atoms with van der Waals surface area (Å²) in [5.74, 6) is -0.676. The summed E-state index contributed by atoms with van der Waals surface area (Å²) in [5.41, 5.74) is 6.57. The number of nitrogen functional groups attached to an aromatic ring is 1. The zero-order chi connectivity index (χ0) is 15.9. The van der Waals surface area contributed by atoms with Gasteiger partial charge in [-0.1, -0.05) is 0 Å². The monoisotopic (exact) mass is 312 g/mol. The van der Waals surface area contributed by atoms with Crippen LogP contribution >= 0.6 is 0 Å². The van der Waals surface area contributed by atoms with Crippen LogP contribution in [0.5, 0.6) is 0 Å². The Morgan fingerprint density at radius 2 is 1.95 bits per heavy atom. The van der Waals surface area contributed by atoms with Gasteiger partial charge >= 0.3 is 0 Å². The first-order valence-electron chi connectivity index (χ1n) is 6.11. The molecule has 1 aliphatic heterocycles. The number of carbonyl (C=O) groups is 2. The van der Waals surface area contributed by atoms with Crippen LogP contribution in [0.3, 0.4) is 0 Å². The van der Waals surface area contributed by atoms with Crippen LogP contribution < -0.4 is 16.2 Å². The van der Waals surface area contributed by atoms with Crippen LogP contribution in [-0.2, 0) is 19.6 Å². The van der Waals surface area contributed by atoms with Crippen molar-refractivity contribution in [3.8, 4) is 0 Å². The Hall–Kier alpha value is -2.13. The van der Waals surface area contributed by atoms with E-state index in [2.05, 4.69) is 5.32 Å². The molecule has 0 radical (unpaired) electrons. The van der Waals surface area contributed by atoms with Crippen molar-refractivity contribution >= 4 is 33.2 Å². The van der Waals surface area contributed by atoms with E-state index in [-0.39, 0.29) is 28.8 Å². The van der Waals surface area contributed by atoms with Crippen molar-refractivity contribution in [3.63, 3.8) is 0 Å². The molecule has 9 heteroatoms. The Morgan fingerprint density at radius 3 is 2.43 bits per heavy atom. The minimum Gasteiger partial charge on any atom is -0.399 e. The number of likely N-dealkylation sites (tertiary alicyclic amines) is 1. The van der Waals surface area contributed by atoms with Gasteiger partial charge in [-0.15, -0.1) is 0 Å². The Kier molecular flexibility index (Phi) is 3.64. The maximum Gasteiger partial charge on any atom is 0.251 e. The molecule has 0 aliphatic carbocycles. The highest BCUT2D eigenvalue weighted by Gasteiger charge is 2.36. The molecular formula is C12H16N4O4S. The second kappa shape index (κ2) is 5.01. The molecule has 0 spiro atoms. The largest absolute Gasteiger partial charge is 0.399 e. The highest BCUT2D eigenvalue weighted by atomic mass is 32.2. The van der Waals surface area contributed by atoms with Crippen LogP contribution in [0.25, 0.3) is 0 Å². The molecule has 1 atom stereocenters. The fourth-order valence-electron chi connectivity index (χ4n) is 2.21. The summed E-state index contributed by atoms with van der Waals surface area (Å²) in [6.07, 6.45) is 0.00821. The van der Waals surface area contributed by atoms with E-state index >= 15 is 0 Å². The predicted octanol–water partition coefficient (Wildman–Crippen LogP) is -0.606. The van der Waals surface area contributed by atoms with E-state index in [9.17, 15) is 18.0 Å². The molecule has 1 heterocycles. The average molecular weight is 312 g/mol. The first kappa shape index (κ1) is 15.3. The van der Waals surface area contributed by atoms with Crippen LogP contribution in [0, 0.1) is 6.92 Å². The Balaban J connectivity index is 2.40. The first-order valence-corrected chi connectivity index (χ1v) is 7.65. The molecule has 114 valence electrons. The van der Waals surface area contributed by atoms with Crippen molar-refractivity contribution in [3.05, 3.63) is 17.7 Å². The normalized spacial score (nSPS) is 19.2. The average Bonchev–Trinajstić information content (AvgIpc) is 2.60. The third-order valence-electron chi connectivity index (χ3n) is 3.40. The van der Waals surface area contributed by atoms with Gasteiger partial charge in [-0.25, -0.2) is 13.6 Å². The molecule has 1 unspecified atom stereocenters. The number of rotatable bonds is 3. The number of imide groups is 1. The molecule has 0 bridgehead atoms. The number of carbonyl (C=O) groups excluding carboxylic acids is 2. The smallest absolute Gasteiger partial charge is 0.251 e. The van der Waals surface area contributed by atoms with Gasteiger partial charge in [-0.2, -0.15) is 0 Å². The van der Waals surface area contributed by atoms with E-state index in [1.807, 2.05) is 0 Å². The van der Waals surface area contributed by atoms with Gasteiger partial charge in [0.15, 0.2) is 0 Å². The van der Waals surface area contributed by atoms with E-state index in [0.29, 0.717) is 11.3 Å². The Bertz CT molecular complexity index is 729. The second-order valence-electron chi connectivity index (χ2n) is 4.93. The summed E-state index contributed by atoms with van der Waals surface area (Å²) in [7, 11) is -2.53.